The largest absolute Gasteiger partial charge is 0.419 e. The first-order valence-corrected chi connectivity index (χ1v) is 19.2. The Morgan fingerprint density at radius 1 is 0.234 bits per heavy atom. The second-order valence-electron chi connectivity index (χ2n) is 14.8. The van der Waals surface area contributed by atoms with Crippen LogP contribution in [0.1, 0.15) is 67.3 Å². The minimum atomic E-state index is -5.68. The second-order valence-corrected chi connectivity index (χ2v) is 14.8. The van der Waals surface area contributed by atoms with E-state index in [0.717, 1.165) is 24.3 Å². The summed E-state index contributed by atoms with van der Waals surface area (Å²) in [5.74, 6) is 0. The van der Waals surface area contributed by atoms with Crippen molar-refractivity contribution in [1.29, 1.82) is 0 Å². The molecule has 0 radical (unpaired) electrons. The number of halogens is 12. The number of fused-ring (bicyclic) bond motifs is 8. The van der Waals surface area contributed by atoms with Crippen LogP contribution >= 0.6 is 0 Å². The zero-order valence-electron chi connectivity index (χ0n) is 32.4. The lowest BCUT2D eigenvalue weighted by Gasteiger charge is -2.16. The summed E-state index contributed by atoms with van der Waals surface area (Å²) in [5, 5.41) is -1.26. The van der Waals surface area contributed by atoms with Crippen LogP contribution in [0.5, 0.6) is 0 Å². The molecule has 9 rings (SSSR count). The van der Waals surface area contributed by atoms with E-state index in [1.54, 1.807) is 0 Å². The molecule has 0 saturated carbocycles. The highest BCUT2D eigenvalue weighted by atomic mass is 19.4. The Kier molecular flexibility index (Phi) is 9.95. The van der Waals surface area contributed by atoms with Crippen LogP contribution in [0.15, 0.2) is 146 Å². The maximum absolute atomic E-state index is 15.6. The van der Waals surface area contributed by atoms with Gasteiger partial charge >= 0.3 is 24.7 Å². The molecule has 324 valence electrons. The van der Waals surface area contributed by atoms with Gasteiger partial charge in [0.2, 0.25) is 0 Å². The first kappa shape index (κ1) is 42.0. The van der Waals surface area contributed by atoms with Gasteiger partial charge in [0.25, 0.3) is 0 Å². The molecular formula is C48H28F12N4. The van der Waals surface area contributed by atoms with Crippen LogP contribution in [0.3, 0.4) is 0 Å². The first-order chi connectivity index (χ1) is 30.3. The van der Waals surface area contributed by atoms with Crippen molar-refractivity contribution >= 4 is 22.3 Å². The van der Waals surface area contributed by atoms with Crippen LogP contribution in [0, 0.1) is 0 Å². The van der Waals surface area contributed by atoms with E-state index >= 15 is 52.7 Å². The van der Waals surface area contributed by atoms with E-state index in [4.69, 9.17) is 0 Å². The van der Waals surface area contributed by atoms with Crippen molar-refractivity contribution in [2.45, 2.75) is 24.7 Å². The fourth-order valence-electron chi connectivity index (χ4n) is 8.41. The summed E-state index contributed by atoms with van der Waals surface area (Å²) in [7, 11) is 0. The molecule has 5 heterocycles. The molecule has 8 bridgehead atoms. The number of hydrogen-bond donors (Lipinski definition) is 4. The third-order valence-corrected chi connectivity index (χ3v) is 10.8. The summed E-state index contributed by atoms with van der Waals surface area (Å²) >= 11 is 0. The van der Waals surface area contributed by atoms with Crippen molar-refractivity contribution in [3.05, 3.63) is 234 Å². The second kappa shape index (κ2) is 15.2. The van der Waals surface area contributed by atoms with Gasteiger partial charge in [-0.1, -0.05) is 121 Å². The first-order valence-electron chi connectivity index (χ1n) is 19.2. The van der Waals surface area contributed by atoms with Crippen molar-refractivity contribution in [2.24, 2.45) is 0 Å². The Balaban J connectivity index is 1.64. The van der Waals surface area contributed by atoms with E-state index in [9.17, 15) is 0 Å². The fourth-order valence-corrected chi connectivity index (χ4v) is 8.41. The van der Waals surface area contributed by atoms with Crippen LogP contribution in [-0.4, -0.2) is 19.9 Å². The average Bonchev–Trinajstić information content (AvgIpc) is 4.06. The fraction of sp³-hybridized carbons (Fsp3) is 0.0833. The number of aromatic amines is 4. The van der Waals surface area contributed by atoms with Crippen molar-refractivity contribution < 1.29 is 52.7 Å². The molecule has 16 heteroatoms. The van der Waals surface area contributed by atoms with Gasteiger partial charge in [-0.2, -0.15) is 52.7 Å². The SMILES string of the molecule is FC(F)(F)c1c2[nH]c(c1C(F)(F)F)/C(c1ccccc1)=c1/cc/c([nH]1)=C(\c1ccccc1)c1[nH]c(c(C(F)(F)F)c1C(F)(F)F)/C(c1ccccc1)=c1/cc/c([nH]1)=C/2c1ccccc1. The normalized spacial score (nSPS) is 17.2. The molecule has 4 nitrogen and oxygen atoms in total. The molecule has 0 saturated heterocycles. The Morgan fingerprint density at radius 3 is 0.594 bits per heavy atom. The summed E-state index contributed by atoms with van der Waals surface area (Å²) in [6, 6.07) is 32.7. The number of rotatable bonds is 4. The Bertz CT molecular complexity index is 2850. The van der Waals surface area contributed by atoms with Crippen molar-refractivity contribution in [1.82, 2.24) is 19.9 Å². The van der Waals surface area contributed by atoms with E-state index in [1.807, 2.05) is 0 Å². The molecule has 4 aromatic heterocycles. The lowest BCUT2D eigenvalue weighted by molar-refractivity contribution is -0.161. The topological polar surface area (TPSA) is 63.2 Å². The van der Waals surface area contributed by atoms with E-state index in [1.165, 1.54) is 121 Å². The minimum Gasteiger partial charge on any atom is -0.354 e. The van der Waals surface area contributed by atoms with Gasteiger partial charge in [0.1, 0.15) is 0 Å². The molecule has 0 atom stereocenters. The quantitative estimate of drug-likeness (QED) is 0.127. The lowest BCUT2D eigenvalue weighted by atomic mass is 9.94. The third-order valence-electron chi connectivity index (χ3n) is 10.8. The summed E-state index contributed by atoms with van der Waals surface area (Å²) in [6.07, 6.45) is -22.7. The van der Waals surface area contributed by atoms with Gasteiger partial charge in [0.15, 0.2) is 0 Å². The van der Waals surface area contributed by atoms with Gasteiger partial charge in [0, 0.05) is 43.7 Å². The molecule has 0 unspecified atom stereocenters. The van der Waals surface area contributed by atoms with E-state index in [2.05, 4.69) is 19.9 Å². The van der Waals surface area contributed by atoms with E-state index in [0.29, 0.717) is 0 Å². The van der Waals surface area contributed by atoms with Crippen LogP contribution in [0.2, 0.25) is 0 Å². The number of aromatic nitrogens is 4. The maximum Gasteiger partial charge on any atom is 0.419 e. The predicted octanol–water partition coefficient (Wildman–Crippen LogP) is 10.4. The highest BCUT2D eigenvalue weighted by Gasteiger charge is 2.51. The summed E-state index contributed by atoms with van der Waals surface area (Å²) in [6.45, 7) is 0. The number of nitrogens with one attached hydrogen (secondary N) is 4. The Labute approximate surface area is 353 Å². The van der Waals surface area contributed by atoms with Crippen molar-refractivity contribution in [2.75, 3.05) is 0 Å². The molecule has 1 aliphatic heterocycles. The zero-order chi connectivity index (χ0) is 45.3. The van der Waals surface area contributed by atoms with Gasteiger partial charge in [-0.25, -0.2) is 0 Å². The van der Waals surface area contributed by atoms with E-state index < -0.39 is 92.0 Å². The zero-order valence-corrected chi connectivity index (χ0v) is 32.4. The van der Waals surface area contributed by atoms with Gasteiger partial charge in [-0.05, 0) is 46.5 Å². The number of benzene rings is 4. The molecule has 0 amide bonds. The predicted molar refractivity (Wildman–Crippen MR) is 214 cm³/mol. The highest BCUT2D eigenvalue weighted by Crippen LogP contribution is 2.50. The molecule has 8 aromatic rings. The minimum absolute atomic E-state index is 0.0478. The number of hydrogen-bond acceptors (Lipinski definition) is 0. The van der Waals surface area contributed by atoms with Gasteiger partial charge in [-0.15, -0.1) is 0 Å². The van der Waals surface area contributed by atoms with Crippen LogP contribution in [0.25, 0.3) is 22.3 Å². The van der Waals surface area contributed by atoms with E-state index in [-0.39, 0.29) is 43.7 Å². The summed E-state index contributed by atoms with van der Waals surface area (Å²) in [4.78, 5) is 10.7. The average molecular weight is 889 g/mol. The van der Waals surface area contributed by atoms with Crippen molar-refractivity contribution in [3.63, 3.8) is 0 Å². The van der Waals surface area contributed by atoms with Gasteiger partial charge < -0.3 is 19.9 Å². The van der Waals surface area contributed by atoms with Crippen LogP contribution in [0.4, 0.5) is 52.7 Å². The molecule has 0 fully saturated rings. The number of H-pyrrole nitrogens is 4. The number of alkyl halides is 12. The monoisotopic (exact) mass is 888 g/mol. The Morgan fingerprint density at radius 2 is 0.422 bits per heavy atom. The molecule has 1 aliphatic rings. The molecule has 0 aliphatic carbocycles. The molecule has 64 heavy (non-hydrogen) atoms. The lowest BCUT2D eigenvalue weighted by Crippen LogP contribution is -2.22. The summed E-state index contributed by atoms with van der Waals surface area (Å²) < 4.78 is 188. The highest BCUT2D eigenvalue weighted by molar-refractivity contribution is 5.88. The Hall–Kier alpha value is -7.36. The summed E-state index contributed by atoms with van der Waals surface area (Å²) in [5.41, 5.74) is -14.6. The van der Waals surface area contributed by atoms with Crippen LogP contribution < -0.4 is 21.4 Å². The van der Waals surface area contributed by atoms with Crippen LogP contribution in [-0.2, 0) is 24.7 Å². The smallest absolute Gasteiger partial charge is 0.354 e. The molecule has 0 spiro atoms. The maximum atomic E-state index is 15.6. The molecule has 4 aromatic carbocycles. The van der Waals surface area contributed by atoms with Gasteiger partial charge in [0.05, 0.1) is 45.0 Å². The van der Waals surface area contributed by atoms with Crippen molar-refractivity contribution in [3.8, 4) is 0 Å². The standard InChI is InChI=1S/C48H28F12N4/c49-45(50,51)37-38(46(52,53)54)42-35(27-17-9-3-10-18-27)31-23-24-32(62-31)36(28-19-11-4-12-20-28)44-40(48(58,59)60)39(47(55,56)57)43(64-44)34(26-15-7-2-8-16-26)30-22-21-29(61-30)33(41(37)63-42)25-13-5-1-6-14-25/h1-24,61-64H/b33-29-,34-30-,35-31-,36-32-,41-33?,42-35?,43-34?,44-36?. The molecular weight excluding hydrogens is 861 g/mol. The van der Waals surface area contributed by atoms with Gasteiger partial charge in [-0.3, -0.25) is 0 Å². The third kappa shape index (κ3) is 7.31. The molecule has 4 N–H and O–H groups in total.